The standard InChI is InChI=1S/C29H27N3O3/c1-21-14-15-23-19-25(16-17-26(23)30-21)32(24-11-6-3-7-12-24)28(33)27-13-8-18-31(27)29(34)35-20-22-9-4-2-5-10-22/h2-7,9-12,14-17,19,27H,8,13,18,20H2,1H3. The van der Waals surface area contributed by atoms with Gasteiger partial charge < -0.3 is 4.74 Å². The first-order chi connectivity index (χ1) is 17.1. The van der Waals surface area contributed by atoms with E-state index in [2.05, 4.69) is 4.98 Å². The molecule has 0 spiro atoms. The van der Waals surface area contributed by atoms with Gasteiger partial charge in [0.25, 0.3) is 5.91 Å². The second-order valence-corrected chi connectivity index (χ2v) is 8.73. The van der Waals surface area contributed by atoms with Crippen molar-refractivity contribution in [2.75, 3.05) is 11.4 Å². The average molecular weight is 466 g/mol. The first-order valence-electron chi connectivity index (χ1n) is 11.8. The number of hydrogen-bond donors (Lipinski definition) is 0. The summed E-state index contributed by atoms with van der Waals surface area (Å²) in [6.45, 7) is 2.63. The molecule has 0 aliphatic carbocycles. The fourth-order valence-electron chi connectivity index (χ4n) is 4.53. The number of pyridine rings is 1. The molecule has 5 rings (SSSR count). The number of nitrogens with zero attached hydrogens (tertiary/aromatic N) is 3. The van der Waals surface area contributed by atoms with Crippen LogP contribution in [-0.4, -0.2) is 34.5 Å². The number of fused-ring (bicyclic) bond motifs is 1. The van der Waals surface area contributed by atoms with Gasteiger partial charge in [-0.1, -0.05) is 54.6 Å². The fraction of sp³-hybridized carbons (Fsp3) is 0.207. The minimum absolute atomic E-state index is 0.148. The Kier molecular flexibility index (Phi) is 6.44. The number of aromatic nitrogens is 1. The zero-order chi connectivity index (χ0) is 24.2. The van der Waals surface area contributed by atoms with Crippen molar-refractivity contribution >= 4 is 34.3 Å². The number of hydrogen-bond acceptors (Lipinski definition) is 4. The number of aryl methyl sites for hydroxylation is 1. The van der Waals surface area contributed by atoms with Crippen LogP contribution in [0.25, 0.3) is 10.9 Å². The maximum atomic E-state index is 14.0. The summed E-state index contributed by atoms with van der Waals surface area (Å²) in [5, 5.41) is 0.951. The maximum absolute atomic E-state index is 14.0. The zero-order valence-electron chi connectivity index (χ0n) is 19.6. The van der Waals surface area contributed by atoms with Gasteiger partial charge in [0.15, 0.2) is 0 Å². The Hall–Kier alpha value is -4.19. The summed E-state index contributed by atoms with van der Waals surface area (Å²) >= 11 is 0. The molecular weight excluding hydrogens is 438 g/mol. The number of ether oxygens (including phenoxy) is 1. The summed E-state index contributed by atoms with van der Waals surface area (Å²) in [4.78, 5) is 34.8. The third-order valence-corrected chi connectivity index (χ3v) is 6.28. The van der Waals surface area contributed by atoms with Crippen LogP contribution in [0.4, 0.5) is 16.2 Å². The van der Waals surface area contributed by atoms with Gasteiger partial charge in [0.2, 0.25) is 0 Å². The molecule has 4 aromatic rings. The molecule has 1 fully saturated rings. The molecule has 2 amide bonds. The van der Waals surface area contributed by atoms with E-state index in [1.807, 2.05) is 97.9 Å². The SMILES string of the molecule is Cc1ccc2cc(N(C(=O)C3CCCN3C(=O)OCc3ccccc3)c3ccccc3)ccc2n1. The van der Waals surface area contributed by atoms with Gasteiger partial charge in [-0.05, 0) is 61.7 Å². The number of rotatable bonds is 5. The van der Waals surface area contributed by atoms with E-state index in [-0.39, 0.29) is 12.5 Å². The number of amides is 2. The van der Waals surface area contributed by atoms with Crippen LogP contribution < -0.4 is 4.90 Å². The molecule has 0 N–H and O–H groups in total. The van der Waals surface area contributed by atoms with Crippen LogP contribution in [0.15, 0.2) is 91.0 Å². The smallest absolute Gasteiger partial charge is 0.410 e. The summed E-state index contributed by atoms with van der Waals surface area (Å²) in [7, 11) is 0. The van der Waals surface area contributed by atoms with E-state index in [1.54, 1.807) is 9.80 Å². The van der Waals surface area contributed by atoms with E-state index >= 15 is 0 Å². The Bertz CT molecular complexity index is 1340. The predicted molar refractivity (Wildman–Crippen MR) is 136 cm³/mol. The van der Waals surface area contributed by atoms with Gasteiger partial charge in [-0.15, -0.1) is 0 Å². The van der Waals surface area contributed by atoms with Crippen molar-refractivity contribution in [1.29, 1.82) is 0 Å². The summed E-state index contributed by atoms with van der Waals surface area (Å²) < 4.78 is 5.56. The van der Waals surface area contributed by atoms with E-state index in [0.29, 0.717) is 13.0 Å². The van der Waals surface area contributed by atoms with Crippen molar-refractivity contribution < 1.29 is 14.3 Å². The van der Waals surface area contributed by atoms with Gasteiger partial charge in [-0.3, -0.25) is 19.6 Å². The normalized spacial score (nSPS) is 15.2. The van der Waals surface area contributed by atoms with E-state index in [1.165, 1.54) is 0 Å². The van der Waals surface area contributed by atoms with Gasteiger partial charge in [0.1, 0.15) is 12.6 Å². The van der Waals surface area contributed by atoms with Crippen molar-refractivity contribution in [3.05, 3.63) is 102 Å². The minimum Gasteiger partial charge on any atom is -0.445 e. The van der Waals surface area contributed by atoms with Gasteiger partial charge in [-0.2, -0.15) is 0 Å². The lowest BCUT2D eigenvalue weighted by atomic mass is 10.1. The third kappa shape index (κ3) is 4.87. The third-order valence-electron chi connectivity index (χ3n) is 6.28. The molecule has 176 valence electrons. The Morgan fingerprint density at radius 1 is 0.943 bits per heavy atom. The average Bonchev–Trinajstić information content (AvgIpc) is 3.39. The van der Waals surface area contributed by atoms with Crippen LogP contribution in [0.3, 0.4) is 0 Å². The van der Waals surface area contributed by atoms with Crippen LogP contribution in [-0.2, 0) is 16.1 Å². The molecule has 1 aliphatic rings. The van der Waals surface area contributed by atoms with Crippen LogP contribution >= 0.6 is 0 Å². The Morgan fingerprint density at radius 2 is 1.69 bits per heavy atom. The number of carbonyl (C=O) groups excluding carboxylic acids is 2. The first-order valence-corrected chi connectivity index (χ1v) is 11.8. The van der Waals surface area contributed by atoms with Crippen LogP contribution in [0.5, 0.6) is 0 Å². The molecule has 0 saturated carbocycles. The molecule has 0 bridgehead atoms. The minimum atomic E-state index is -0.592. The highest BCUT2D eigenvalue weighted by molar-refractivity contribution is 6.05. The Labute approximate surface area is 204 Å². The topological polar surface area (TPSA) is 62.7 Å². The molecule has 1 saturated heterocycles. The number of benzene rings is 3. The van der Waals surface area contributed by atoms with E-state index in [9.17, 15) is 9.59 Å². The summed E-state index contributed by atoms with van der Waals surface area (Å²) in [6.07, 6.45) is 0.882. The number of carbonyl (C=O) groups is 2. The van der Waals surface area contributed by atoms with Crippen LogP contribution in [0.2, 0.25) is 0 Å². The molecule has 1 aliphatic heterocycles. The highest BCUT2D eigenvalue weighted by Crippen LogP contribution is 2.32. The van der Waals surface area contributed by atoms with Crippen molar-refractivity contribution in [2.24, 2.45) is 0 Å². The van der Waals surface area contributed by atoms with Crippen molar-refractivity contribution in [3.8, 4) is 0 Å². The fourth-order valence-corrected chi connectivity index (χ4v) is 4.53. The predicted octanol–water partition coefficient (Wildman–Crippen LogP) is 6.01. The second kappa shape index (κ2) is 9.97. The molecule has 0 radical (unpaired) electrons. The molecule has 1 unspecified atom stereocenters. The first kappa shape index (κ1) is 22.6. The number of anilines is 2. The van der Waals surface area contributed by atoms with Gasteiger partial charge in [0, 0.05) is 29.0 Å². The van der Waals surface area contributed by atoms with Crippen molar-refractivity contribution in [2.45, 2.75) is 32.4 Å². The molecule has 35 heavy (non-hydrogen) atoms. The highest BCUT2D eigenvalue weighted by atomic mass is 16.6. The second-order valence-electron chi connectivity index (χ2n) is 8.73. The number of likely N-dealkylation sites (tertiary alicyclic amines) is 1. The molecule has 6 heteroatoms. The summed E-state index contributed by atoms with van der Waals surface area (Å²) in [5.41, 5.74) is 4.22. The zero-order valence-corrected chi connectivity index (χ0v) is 19.6. The molecule has 3 aromatic carbocycles. The quantitative estimate of drug-likeness (QED) is 0.362. The van der Waals surface area contributed by atoms with Crippen LogP contribution in [0.1, 0.15) is 24.1 Å². The lowest BCUT2D eigenvalue weighted by Crippen LogP contribution is -2.46. The van der Waals surface area contributed by atoms with E-state index in [4.69, 9.17) is 4.74 Å². The molecule has 1 aromatic heterocycles. The summed E-state index contributed by atoms with van der Waals surface area (Å²) in [5.74, 6) is -0.148. The number of para-hydroxylation sites is 1. The lowest BCUT2D eigenvalue weighted by molar-refractivity contribution is -0.121. The van der Waals surface area contributed by atoms with E-state index in [0.717, 1.165) is 40.0 Å². The molecular formula is C29H27N3O3. The van der Waals surface area contributed by atoms with Crippen LogP contribution in [0, 0.1) is 6.92 Å². The summed E-state index contributed by atoms with van der Waals surface area (Å²) in [6, 6.07) is 28.3. The van der Waals surface area contributed by atoms with Crippen molar-refractivity contribution in [3.63, 3.8) is 0 Å². The molecule has 2 heterocycles. The largest absolute Gasteiger partial charge is 0.445 e. The van der Waals surface area contributed by atoms with E-state index < -0.39 is 12.1 Å². The Morgan fingerprint density at radius 3 is 2.46 bits per heavy atom. The Balaban J connectivity index is 1.43. The molecule has 1 atom stereocenters. The highest BCUT2D eigenvalue weighted by Gasteiger charge is 2.38. The lowest BCUT2D eigenvalue weighted by Gasteiger charge is -2.30. The van der Waals surface area contributed by atoms with Gasteiger partial charge >= 0.3 is 6.09 Å². The molecule has 6 nitrogen and oxygen atoms in total. The maximum Gasteiger partial charge on any atom is 0.410 e. The van der Waals surface area contributed by atoms with Crippen molar-refractivity contribution in [1.82, 2.24) is 9.88 Å². The van der Waals surface area contributed by atoms with Gasteiger partial charge in [0.05, 0.1) is 5.52 Å². The van der Waals surface area contributed by atoms with Gasteiger partial charge in [-0.25, -0.2) is 4.79 Å². The monoisotopic (exact) mass is 465 g/mol.